The smallest absolute Gasteiger partial charge is 0.226 e. The Morgan fingerprint density at radius 2 is 0.613 bits per heavy atom. The second-order valence-electron chi connectivity index (χ2n) is 9.54. The van der Waals surface area contributed by atoms with Crippen LogP contribution in [-0.2, 0) is 9.59 Å². The van der Waals surface area contributed by atoms with Gasteiger partial charge in [-0.3, -0.25) is 14.9 Å². The SMILES string of the molecule is CCCCCCCCCCCCCCCC(=O)NC(=O)CCCCCCCCCCC. The largest absolute Gasteiger partial charge is 0.296 e. The number of imide groups is 1. The third kappa shape index (κ3) is 25.3. The lowest BCUT2D eigenvalue weighted by atomic mass is 10.0. The standard InChI is InChI=1S/C28H55NO2/c1-3-5-7-9-11-13-14-15-16-18-20-22-24-26-28(31)29-27(30)25-23-21-19-17-12-10-8-6-4-2/h3-26H2,1-2H3,(H,29,30,31). The van der Waals surface area contributed by atoms with Crippen LogP contribution in [0.4, 0.5) is 0 Å². The number of carbonyl (C=O) groups is 2. The summed E-state index contributed by atoms with van der Waals surface area (Å²) in [6.07, 6.45) is 29.2. The van der Waals surface area contributed by atoms with E-state index in [1.165, 1.54) is 116 Å². The van der Waals surface area contributed by atoms with Gasteiger partial charge in [-0.05, 0) is 12.8 Å². The van der Waals surface area contributed by atoms with E-state index in [0.717, 1.165) is 25.7 Å². The van der Waals surface area contributed by atoms with Crippen LogP contribution in [0.5, 0.6) is 0 Å². The summed E-state index contributed by atoms with van der Waals surface area (Å²) in [6.45, 7) is 4.51. The van der Waals surface area contributed by atoms with Crippen molar-refractivity contribution in [3.05, 3.63) is 0 Å². The molecule has 0 aromatic carbocycles. The van der Waals surface area contributed by atoms with Crippen molar-refractivity contribution in [2.75, 3.05) is 0 Å². The van der Waals surface area contributed by atoms with E-state index in [1.807, 2.05) is 0 Å². The van der Waals surface area contributed by atoms with Gasteiger partial charge in [0.05, 0.1) is 0 Å². The van der Waals surface area contributed by atoms with Gasteiger partial charge in [0.1, 0.15) is 0 Å². The number of carbonyl (C=O) groups excluding carboxylic acids is 2. The van der Waals surface area contributed by atoms with Crippen LogP contribution >= 0.6 is 0 Å². The molecule has 0 radical (unpaired) electrons. The van der Waals surface area contributed by atoms with E-state index in [-0.39, 0.29) is 11.8 Å². The lowest BCUT2D eigenvalue weighted by Gasteiger charge is -2.05. The van der Waals surface area contributed by atoms with Gasteiger partial charge in [0.2, 0.25) is 11.8 Å². The predicted octanol–water partition coefficient (Wildman–Crippen LogP) is 9.03. The molecule has 0 aromatic heterocycles. The fraction of sp³-hybridized carbons (Fsp3) is 0.929. The summed E-state index contributed by atoms with van der Waals surface area (Å²) in [6, 6.07) is 0. The Balaban J connectivity index is 3.30. The maximum Gasteiger partial charge on any atom is 0.226 e. The van der Waals surface area contributed by atoms with Crippen molar-refractivity contribution in [3.8, 4) is 0 Å². The third-order valence-electron chi connectivity index (χ3n) is 6.29. The van der Waals surface area contributed by atoms with Gasteiger partial charge in [-0.15, -0.1) is 0 Å². The molecule has 0 aliphatic heterocycles. The summed E-state index contributed by atoms with van der Waals surface area (Å²) < 4.78 is 0. The zero-order chi connectivity index (χ0) is 22.8. The molecule has 3 heteroatoms. The molecular weight excluding hydrogens is 382 g/mol. The van der Waals surface area contributed by atoms with Gasteiger partial charge in [-0.1, -0.05) is 142 Å². The van der Waals surface area contributed by atoms with Crippen LogP contribution in [0.3, 0.4) is 0 Å². The fourth-order valence-corrected chi connectivity index (χ4v) is 4.18. The zero-order valence-electron chi connectivity index (χ0n) is 21.3. The van der Waals surface area contributed by atoms with Crippen molar-refractivity contribution in [2.45, 2.75) is 168 Å². The van der Waals surface area contributed by atoms with Crippen LogP contribution in [0.15, 0.2) is 0 Å². The molecule has 0 bridgehead atoms. The molecule has 0 saturated carbocycles. The first-order valence-corrected chi connectivity index (χ1v) is 14.0. The summed E-state index contributed by atoms with van der Waals surface area (Å²) in [7, 11) is 0. The molecule has 3 nitrogen and oxygen atoms in total. The number of amides is 2. The minimum absolute atomic E-state index is 0.0796. The monoisotopic (exact) mass is 437 g/mol. The third-order valence-corrected chi connectivity index (χ3v) is 6.29. The highest BCUT2D eigenvalue weighted by molar-refractivity contribution is 5.95. The minimum Gasteiger partial charge on any atom is -0.296 e. The maximum absolute atomic E-state index is 11.9. The molecule has 0 atom stereocenters. The van der Waals surface area contributed by atoms with E-state index < -0.39 is 0 Å². The summed E-state index contributed by atoms with van der Waals surface area (Å²) in [5, 5.41) is 2.57. The second kappa shape index (κ2) is 25.4. The van der Waals surface area contributed by atoms with Crippen LogP contribution in [0.1, 0.15) is 168 Å². The van der Waals surface area contributed by atoms with Gasteiger partial charge in [0.15, 0.2) is 0 Å². The summed E-state index contributed by atoms with van der Waals surface area (Å²) in [5.41, 5.74) is 0. The van der Waals surface area contributed by atoms with Gasteiger partial charge in [-0.2, -0.15) is 0 Å². The molecule has 0 spiro atoms. The predicted molar refractivity (Wildman–Crippen MR) is 135 cm³/mol. The maximum atomic E-state index is 11.9. The van der Waals surface area contributed by atoms with Gasteiger partial charge in [0, 0.05) is 12.8 Å². The molecule has 184 valence electrons. The second-order valence-corrected chi connectivity index (χ2v) is 9.54. The lowest BCUT2D eigenvalue weighted by Crippen LogP contribution is -2.29. The first-order valence-electron chi connectivity index (χ1n) is 14.0. The number of nitrogens with one attached hydrogen (secondary N) is 1. The van der Waals surface area contributed by atoms with Gasteiger partial charge in [-0.25, -0.2) is 0 Å². The van der Waals surface area contributed by atoms with Crippen LogP contribution in [0.2, 0.25) is 0 Å². The van der Waals surface area contributed by atoms with Gasteiger partial charge >= 0.3 is 0 Å². The molecule has 0 aromatic rings. The Hall–Kier alpha value is -0.860. The van der Waals surface area contributed by atoms with Crippen LogP contribution < -0.4 is 5.32 Å². The number of hydrogen-bond acceptors (Lipinski definition) is 2. The summed E-state index contributed by atoms with van der Waals surface area (Å²) in [5.74, 6) is -0.161. The van der Waals surface area contributed by atoms with Crippen molar-refractivity contribution in [3.63, 3.8) is 0 Å². The van der Waals surface area contributed by atoms with E-state index >= 15 is 0 Å². The average Bonchev–Trinajstić information content (AvgIpc) is 2.75. The van der Waals surface area contributed by atoms with Crippen molar-refractivity contribution < 1.29 is 9.59 Å². The van der Waals surface area contributed by atoms with E-state index in [2.05, 4.69) is 19.2 Å². The quantitative estimate of drug-likeness (QED) is 0.153. The van der Waals surface area contributed by atoms with Crippen molar-refractivity contribution >= 4 is 11.8 Å². The molecule has 0 saturated heterocycles. The molecule has 0 fully saturated rings. The molecule has 0 aliphatic carbocycles. The Bertz CT molecular complexity index is 394. The summed E-state index contributed by atoms with van der Waals surface area (Å²) in [4.78, 5) is 23.7. The molecule has 1 N–H and O–H groups in total. The molecule has 0 rings (SSSR count). The average molecular weight is 438 g/mol. The number of hydrogen-bond donors (Lipinski definition) is 1. The lowest BCUT2D eigenvalue weighted by molar-refractivity contribution is -0.130. The highest BCUT2D eigenvalue weighted by Crippen LogP contribution is 2.13. The normalized spacial score (nSPS) is 11.0. The van der Waals surface area contributed by atoms with Crippen LogP contribution in [-0.4, -0.2) is 11.8 Å². The van der Waals surface area contributed by atoms with E-state index in [9.17, 15) is 9.59 Å². The van der Waals surface area contributed by atoms with E-state index in [4.69, 9.17) is 0 Å². The summed E-state index contributed by atoms with van der Waals surface area (Å²) >= 11 is 0. The fourth-order valence-electron chi connectivity index (χ4n) is 4.18. The van der Waals surface area contributed by atoms with Crippen molar-refractivity contribution in [2.24, 2.45) is 0 Å². The first-order chi connectivity index (χ1) is 15.2. The molecule has 0 unspecified atom stereocenters. The van der Waals surface area contributed by atoms with Gasteiger partial charge < -0.3 is 0 Å². The Morgan fingerprint density at radius 1 is 0.387 bits per heavy atom. The number of rotatable bonds is 24. The molecule has 0 aliphatic rings. The van der Waals surface area contributed by atoms with Gasteiger partial charge in [0.25, 0.3) is 0 Å². The first kappa shape index (κ1) is 30.1. The van der Waals surface area contributed by atoms with Crippen molar-refractivity contribution in [1.82, 2.24) is 5.32 Å². The zero-order valence-corrected chi connectivity index (χ0v) is 21.3. The molecule has 0 heterocycles. The minimum atomic E-state index is -0.0809. The number of unbranched alkanes of at least 4 members (excludes halogenated alkanes) is 20. The highest BCUT2D eigenvalue weighted by atomic mass is 16.2. The highest BCUT2D eigenvalue weighted by Gasteiger charge is 2.07. The molecule has 2 amide bonds. The molecule has 31 heavy (non-hydrogen) atoms. The van der Waals surface area contributed by atoms with Crippen LogP contribution in [0.25, 0.3) is 0 Å². The van der Waals surface area contributed by atoms with E-state index in [0.29, 0.717) is 12.8 Å². The van der Waals surface area contributed by atoms with Crippen LogP contribution in [0, 0.1) is 0 Å². The Morgan fingerprint density at radius 3 is 0.871 bits per heavy atom. The Kier molecular flexibility index (Phi) is 24.7. The topological polar surface area (TPSA) is 46.2 Å². The Labute approximate surface area is 194 Å². The van der Waals surface area contributed by atoms with Crippen molar-refractivity contribution in [1.29, 1.82) is 0 Å². The van der Waals surface area contributed by atoms with E-state index in [1.54, 1.807) is 0 Å². The molecular formula is C28H55NO2.